The topological polar surface area (TPSA) is 59.5 Å². The molecule has 7 heteroatoms. The number of halogens is 1. The molecule has 0 bridgehead atoms. The molecule has 0 aromatic carbocycles. The van der Waals surface area contributed by atoms with Gasteiger partial charge in [0.05, 0.1) is 13.2 Å². The minimum absolute atomic E-state index is 0.146. The van der Waals surface area contributed by atoms with Crippen molar-refractivity contribution in [2.75, 3.05) is 19.8 Å². The second kappa shape index (κ2) is 5.01. The third-order valence-corrected chi connectivity index (χ3v) is 5.01. The maximum absolute atomic E-state index is 12.4. The van der Waals surface area contributed by atoms with E-state index in [1.54, 1.807) is 12.3 Å². The fourth-order valence-electron chi connectivity index (χ4n) is 1.74. The summed E-state index contributed by atoms with van der Waals surface area (Å²) in [5.41, 5.74) is 0. The van der Waals surface area contributed by atoms with Crippen LogP contribution in [0.15, 0.2) is 27.8 Å². The summed E-state index contributed by atoms with van der Waals surface area (Å²) in [7, 11) is -3.47. The molecule has 0 aliphatic carbocycles. The number of morpholine rings is 1. The molecule has 0 spiro atoms. The van der Waals surface area contributed by atoms with Crippen LogP contribution in [0, 0.1) is 0 Å². The van der Waals surface area contributed by atoms with Crippen LogP contribution >= 0.6 is 15.9 Å². The summed E-state index contributed by atoms with van der Waals surface area (Å²) in [4.78, 5) is 4.10. The zero-order valence-corrected chi connectivity index (χ0v) is 11.7. The highest BCUT2D eigenvalue weighted by molar-refractivity contribution is 9.10. The third kappa shape index (κ3) is 2.67. The zero-order chi connectivity index (χ0) is 12.5. The number of sulfonamides is 1. The quantitative estimate of drug-likeness (QED) is 0.823. The van der Waals surface area contributed by atoms with E-state index in [4.69, 9.17) is 4.74 Å². The molecule has 2 rings (SSSR count). The lowest BCUT2D eigenvalue weighted by atomic mass is 10.3. The fraction of sp³-hybridized carbons (Fsp3) is 0.500. The molecular weight excluding hydrogens is 308 g/mol. The first-order valence-electron chi connectivity index (χ1n) is 5.22. The van der Waals surface area contributed by atoms with Crippen LogP contribution in [-0.2, 0) is 14.8 Å². The monoisotopic (exact) mass is 320 g/mol. The highest BCUT2D eigenvalue weighted by Gasteiger charge is 2.31. The van der Waals surface area contributed by atoms with Crippen molar-refractivity contribution in [2.45, 2.75) is 17.9 Å². The Labute approximate surface area is 109 Å². The predicted octanol–water partition coefficient (Wildman–Crippen LogP) is 1.25. The van der Waals surface area contributed by atoms with Crippen molar-refractivity contribution in [3.63, 3.8) is 0 Å². The summed E-state index contributed by atoms with van der Waals surface area (Å²) in [6.07, 6.45) is 2.92. The molecule has 0 amide bonds. The van der Waals surface area contributed by atoms with E-state index in [2.05, 4.69) is 20.9 Å². The number of ether oxygens (including phenoxy) is 1. The van der Waals surface area contributed by atoms with E-state index >= 15 is 0 Å². The average Bonchev–Trinajstić information content (AvgIpc) is 2.29. The van der Waals surface area contributed by atoms with Crippen LogP contribution in [0.4, 0.5) is 0 Å². The molecular formula is C10H13BrN2O3S. The Morgan fingerprint density at radius 3 is 2.94 bits per heavy atom. The van der Waals surface area contributed by atoms with Gasteiger partial charge < -0.3 is 4.74 Å². The van der Waals surface area contributed by atoms with E-state index in [-0.39, 0.29) is 10.9 Å². The second-order valence-electron chi connectivity index (χ2n) is 3.88. The number of nitrogens with zero attached hydrogens (tertiary/aromatic N) is 2. The minimum atomic E-state index is -3.47. The highest BCUT2D eigenvalue weighted by Crippen LogP contribution is 2.21. The third-order valence-electron chi connectivity index (χ3n) is 2.59. The molecule has 0 N–H and O–H groups in total. The average molecular weight is 321 g/mol. The molecule has 1 fully saturated rings. The maximum atomic E-state index is 12.4. The number of pyridine rings is 1. The number of rotatable bonds is 2. The van der Waals surface area contributed by atoms with E-state index in [9.17, 15) is 8.42 Å². The van der Waals surface area contributed by atoms with Gasteiger partial charge in [0.1, 0.15) is 4.90 Å². The summed E-state index contributed by atoms with van der Waals surface area (Å²) in [5.74, 6) is 0. The molecule has 0 saturated carbocycles. The van der Waals surface area contributed by atoms with Gasteiger partial charge in [-0.15, -0.1) is 0 Å². The van der Waals surface area contributed by atoms with Crippen LogP contribution in [0.2, 0.25) is 0 Å². The lowest BCUT2D eigenvalue weighted by Crippen LogP contribution is -2.46. The molecule has 1 aliphatic rings. The van der Waals surface area contributed by atoms with Crippen LogP contribution in [0.3, 0.4) is 0 Å². The van der Waals surface area contributed by atoms with Gasteiger partial charge in [-0.3, -0.25) is 4.98 Å². The standard InChI is InChI=1S/C10H13BrN2O3S/c1-8-7-16-3-2-13(8)17(14,15)10-4-9(11)5-12-6-10/h4-6,8H,2-3,7H2,1H3/t8-/m1/s1. The van der Waals surface area contributed by atoms with Crippen molar-refractivity contribution in [2.24, 2.45) is 0 Å². The molecule has 1 atom stereocenters. The van der Waals surface area contributed by atoms with Crippen LogP contribution in [-0.4, -0.2) is 43.5 Å². The first-order valence-corrected chi connectivity index (χ1v) is 7.45. The molecule has 0 radical (unpaired) electrons. The Balaban J connectivity index is 2.35. The number of hydrogen-bond donors (Lipinski definition) is 0. The highest BCUT2D eigenvalue weighted by atomic mass is 79.9. The van der Waals surface area contributed by atoms with E-state index in [1.165, 1.54) is 10.5 Å². The summed E-state index contributed by atoms with van der Waals surface area (Å²) >= 11 is 3.22. The zero-order valence-electron chi connectivity index (χ0n) is 9.34. The van der Waals surface area contributed by atoms with E-state index in [0.717, 1.165) is 0 Å². The SMILES string of the molecule is C[C@@H]1COCCN1S(=O)(=O)c1cncc(Br)c1. The number of aromatic nitrogens is 1. The molecule has 1 aliphatic heterocycles. The molecule has 94 valence electrons. The summed E-state index contributed by atoms with van der Waals surface area (Å²) in [6.45, 7) is 3.09. The Bertz CT molecular complexity index is 506. The fourth-order valence-corrected chi connectivity index (χ4v) is 3.84. The van der Waals surface area contributed by atoms with Crippen molar-refractivity contribution < 1.29 is 13.2 Å². The van der Waals surface area contributed by atoms with Gasteiger partial charge in [-0.1, -0.05) is 0 Å². The Kier molecular flexibility index (Phi) is 3.82. The van der Waals surface area contributed by atoms with Crippen LogP contribution < -0.4 is 0 Å². The summed E-state index contributed by atoms with van der Waals surface area (Å²) < 4.78 is 32.1. The lowest BCUT2D eigenvalue weighted by molar-refractivity contribution is 0.0392. The van der Waals surface area contributed by atoms with Gasteiger partial charge in [0.2, 0.25) is 10.0 Å². The summed E-state index contributed by atoms with van der Waals surface area (Å²) in [6, 6.07) is 1.41. The molecule has 1 aromatic heterocycles. The number of hydrogen-bond acceptors (Lipinski definition) is 4. The second-order valence-corrected chi connectivity index (χ2v) is 6.68. The first-order chi connectivity index (χ1) is 8.01. The van der Waals surface area contributed by atoms with Gasteiger partial charge in [0.15, 0.2) is 0 Å². The minimum Gasteiger partial charge on any atom is -0.378 e. The molecule has 5 nitrogen and oxygen atoms in total. The van der Waals surface area contributed by atoms with Crippen molar-refractivity contribution in [3.8, 4) is 0 Å². The van der Waals surface area contributed by atoms with Gasteiger partial charge in [-0.05, 0) is 28.9 Å². The van der Waals surface area contributed by atoms with Gasteiger partial charge >= 0.3 is 0 Å². The molecule has 0 unspecified atom stereocenters. The Morgan fingerprint density at radius 2 is 2.29 bits per heavy atom. The Morgan fingerprint density at radius 1 is 1.53 bits per heavy atom. The van der Waals surface area contributed by atoms with Gasteiger partial charge in [0, 0.05) is 29.5 Å². The van der Waals surface area contributed by atoms with E-state index in [1.807, 2.05) is 6.92 Å². The largest absolute Gasteiger partial charge is 0.378 e. The van der Waals surface area contributed by atoms with E-state index < -0.39 is 10.0 Å². The van der Waals surface area contributed by atoms with Gasteiger partial charge in [-0.25, -0.2) is 8.42 Å². The van der Waals surface area contributed by atoms with Crippen LogP contribution in [0.25, 0.3) is 0 Å². The predicted molar refractivity (Wildman–Crippen MR) is 66.1 cm³/mol. The molecule has 2 heterocycles. The van der Waals surface area contributed by atoms with Gasteiger partial charge in [0.25, 0.3) is 0 Å². The molecule has 17 heavy (non-hydrogen) atoms. The van der Waals surface area contributed by atoms with Crippen molar-refractivity contribution >= 4 is 26.0 Å². The van der Waals surface area contributed by atoms with Crippen LogP contribution in [0.5, 0.6) is 0 Å². The van der Waals surface area contributed by atoms with Gasteiger partial charge in [-0.2, -0.15) is 4.31 Å². The summed E-state index contributed by atoms with van der Waals surface area (Å²) in [5, 5.41) is 0. The normalized spacial score (nSPS) is 22.6. The van der Waals surface area contributed by atoms with Crippen LogP contribution in [0.1, 0.15) is 6.92 Å². The van der Waals surface area contributed by atoms with Crippen molar-refractivity contribution in [1.82, 2.24) is 9.29 Å². The van der Waals surface area contributed by atoms with Crippen molar-refractivity contribution in [3.05, 3.63) is 22.9 Å². The molecule has 1 saturated heterocycles. The van der Waals surface area contributed by atoms with Crippen molar-refractivity contribution in [1.29, 1.82) is 0 Å². The lowest BCUT2D eigenvalue weighted by Gasteiger charge is -2.32. The van der Waals surface area contributed by atoms with E-state index in [0.29, 0.717) is 24.2 Å². The smallest absolute Gasteiger partial charge is 0.245 e. The molecule has 1 aromatic rings. The first kappa shape index (κ1) is 12.9. The maximum Gasteiger partial charge on any atom is 0.245 e. The Hall–Kier alpha value is -0.500.